The van der Waals surface area contributed by atoms with E-state index in [4.69, 9.17) is 0 Å². The molecule has 0 bridgehead atoms. The number of urea groups is 1. The SMILES string of the molecule is CS(=O)(=O)CC[C@@H]1NC(=O)N(Cc2ccccc2F)C1=O. The second-order valence-corrected chi connectivity index (χ2v) is 7.20. The molecule has 1 aromatic carbocycles. The first-order valence-electron chi connectivity index (χ1n) is 6.31. The minimum atomic E-state index is -3.22. The molecular weight excluding hydrogens is 299 g/mol. The zero-order chi connectivity index (χ0) is 15.6. The Morgan fingerprint density at radius 2 is 1.95 bits per heavy atom. The Bertz CT molecular complexity index is 675. The predicted octanol–water partition coefficient (Wildman–Crippen LogP) is 0.681. The number of sulfone groups is 1. The van der Waals surface area contributed by atoms with Crippen molar-refractivity contribution in [2.24, 2.45) is 0 Å². The molecule has 1 aliphatic heterocycles. The molecule has 114 valence electrons. The number of carbonyl (C=O) groups is 2. The van der Waals surface area contributed by atoms with E-state index in [9.17, 15) is 22.4 Å². The lowest BCUT2D eigenvalue weighted by Gasteiger charge is -2.13. The highest BCUT2D eigenvalue weighted by atomic mass is 32.2. The van der Waals surface area contributed by atoms with E-state index in [1.807, 2.05) is 0 Å². The molecule has 0 unspecified atom stereocenters. The van der Waals surface area contributed by atoms with E-state index in [0.717, 1.165) is 11.2 Å². The average Bonchev–Trinajstić information content (AvgIpc) is 2.65. The predicted molar refractivity (Wildman–Crippen MR) is 73.6 cm³/mol. The number of rotatable bonds is 5. The Balaban J connectivity index is 2.07. The smallest absolute Gasteiger partial charge is 0.325 e. The van der Waals surface area contributed by atoms with E-state index in [1.54, 1.807) is 6.07 Å². The van der Waals surface area contributed by atoms with Crippen molar-refractivity contribution in [1.29, 1.82) is 0 Å². The summed E-state index contributed by atoms with van der Waals surface area (Å²) in [5.74, 6) is -1.23. The van der Waals surface area contributed by atoms with Crippen molar-refractivity contribution in [2.45, 2.75) is 19.0 Å². The van der Waals surface area contributed by atoms with Crippen LogP contribution in [0.5, 0.6) is 0 Å². The molecule has 21 heavy (non-hydrogen) atoms. The van der Waals surface area contributed by atoms with Crippen LogP contribution in [-0.4, -0.2) is 43.3 Å². The molecule has 1 atom stereocenters. The van der Waals surface area contributed by atoms with Crippen LogP contribution < -0.4 is 5.32 Å². The molecule has 1 heterocycles. The van der Waals surface area contributed by atoms with Gasteiger partial charge in [-0.1, -0.05) is 18.2 Å². The molecule has 1 N–H and O–H groups in total. The fraction of sp³-hybridized carbons (Fsp3) is 0.385. The van der Waals surface area contributed by atoms with Crippen LogP contribution in [0.2, 0.25) is 0 Å². The van der Waals surface area contributed by atoms with Crippen molar-refractivity contribution in [1.82, 2.24) is 10.2 Å². The monoisotopic (exact) mass is 314 g/mol. The van der Waals surface area contributed by atoms with Crippen LogP contribution in [0.25, 0.3) is 0 Å². The fourth-order valence-electron chi connectivity index (χ4n) is 2.05. The Morgan fingerprint density at radius 3 is 2.57 bits per heavy atom. The molecule has 1 aromatic rings. The van der Waals surface area contributed by atoms with Gasteiger partial charge in [0.05, 0.1) is 12.3 Å². The van der Waals surface area contributed by atoms with E-state index in [0.29, 0.717) is 0 Å². The van der Waals surface area contributed by atoms with Gasteiger partial charge in [0.1, 0.15) is 21.7 Å². The molecule has 8 heteroatoms. The summed E-state index contributed by atoms with van der Waals surface area (Å²) in [4.78, 5) is 24.7. The second-order valence-electron chi connectivity index (χ2n) is 4.94. The van der Waals surface area contributed by atoms with Gasteiger partial charge in [-0.3, -0.25) is 9.69 Å². The second kappa shape index (κ2) is 5.80. The number of carbonyl (C=O) groups excluding carboxylic acids is 2. The van der Waals surface area contributed by atoms with Crippen LogP contribution in [0.3, 0.4) is 0 Å². The van der Waals surface area contributed by atoms with Crippen LogP contribution >= 0.6 is 0 Å². The fourth-order valence-corrected chi connectivity index (χ4v) is 2.72. The maximum Gasteiger partial charge on any atom is 0.325 e. The van der Waals surface area contributed by atoms with Crippen LogP contribution in [-0.2, 0) is 21.2 Å². The first-order chi connectivity index (χ1) is 9.78. The number of nitrogens with zero attached hydrogens (tertiary/aromatic N) is 1. The van der Waals surface area contributed by atoms with Gasteiger partial charge in [0, 0.05) is 11.8 Å². The molecule has 3 amide bonds. The first-order valence-corrected chi connectivity index (χ1v) is 8.37. The molecule has 1 saturated heterocycles. The number of amides is 3. The number of halogens is 1. The lowest BCUT2D eigenvalue weighted by atomic mass is 10.2. The maximum absolute atomic E-state index is 13.5. The number of hydrogen-bond acceptors (Lipinski definition) is 4. The van der Waals surface area contributed by atoms with E-state index >= 15 is 0 Å². The largest absolute Gasteiger partial charge is 0.326 e. The Morgan fingerprint density at radius 1 is 1.29 bits per heavy atom. The van der Waals surface area contributed by atoms with E-state index in [2.05, 4.69) is 5.32 Å². The highest BCUT2D eigenvalue weighted by molar-refractivity contribution is 7.90. The zero-order valence-corrected chi connectivity index (χ0v) is 12.2. The number of hydrogen-bond donors (Lipinski definition) is 1. The molecule has 0 aliphatic carbocycles. The summed E-state index contributed by atoms with van der Waals surface area (Å²) in [5.41, 5.74) is 0.227. The van der Waals surface area contributed by atoms with Crippen molar-refractivity contribution in [3.63, 3.8) is 0 Å². The van der Waals surface area contributed by atoms with Gasteiger partial charge < -0.3 is 5.32 Å². The number of benzene rings is 1. The van der Waals surface area contributed by atoms with Crippen LogP contribution in [0.4, 0.5) is 9.18 Å². The third kappa shape index (κ3) is 3.78. The number of nitrogens with one attached hydrogen (secondary N) is 1. The van der Waals surface area contributed by atoms with Gasteiger partial charge in [-0.2, -0.15) is 0 Å². The van der Waals surface area contributed by atoms with Crippen molar-refractivity contribution in [2.75, 3.05) is 12.0 Å². The maximum atomic E-state index is 13.5. The van der Waals surface area contributed by atoms with Gasteiger partial charge in [-0.15, -0.1) is 0 Å². The normalized spacial score (nSPS) is 19.0. The topological polar surface area (TPSA) is 83.6 Å². The van der Waals surface area contributed by atoms with Gasteiger partial charge in [0.2, 0.25) is 0 Å². The molecule has 0 radical (unpaired) electrons. The third-order valence-electron chi connectivity index (χ3n) is 3.17. The highest BCUT2D eigenvalue weighted by Crippen LogP contribution is 2.16. The first kappa shape index (κ1) is 15.4. The van der Waals surface area contributed by atoms with Crippen molar-refractivity contribution < 1.29 is 22.4 Å². The Kier molecular flexibility index (Phi) is 4.26. The Hall–Kier alpha value is -1.96. The summed E-state index contributed by atoms with van der Waals surface area (Å²) in [7, 11) is -3.22. The van der Waals surface area contributed by atoms with Crippen molar-refractivity contribution in [3.05, 3.63) is 35.6 Å². The van der Waals surface area contributed by atoms with Crippen molar-refractivity contribution >= 4 is 21.8 Å². The lowest BCUT2D eigenvalue weighted by molar-refractivity contribution is -0.127. The van der Waals surface area contributed by atoms with Crippen molar-refractivity contribution in [3.8, 4) is 0 Å². The van der Waals surface area contributed by atoms with Gasteiger partial charge in [0.25, 0.3) is 5.91 Å². The summed E-state index contributed by atoms with van der Waals surface area (Å²) < 4.78 is 35.8. The van der Waals surface area contributed by atoms with E-state index in [1.165, 1.54) is 18.2 Å². The molecule has 0 saturated carbocycles. The average molecular weight is 314 g/mol. The number of imide groups is 1. The van der Waals surface area contributed by atoms with Crippen LogP contribution in [0.1, 0.15) is 12.0 Å². The summed E-state index contributed by atoms with van der Waals surface area (Å²) >= 11 is 0. The van der Waals surface area contributed by atoms with Gasteiger partial charge in [-0.25, -0.2) is 17.6 Å². The van der Waals surface area contributed by atoms with Gasteiger partial charge in [0.15, 0.2) is 0 Å². The molecule has 1 fully saturated rings. The van der Waals surface area contributed by atoms with Gasteiger partial charge in [-0.05, 0) is 12.5 Å². The summed E-state index contributed by atoms with van der Waals surface area (Å²) in [6, 6.07) is 4.34. The Labute approximate surface area is 121 Å². The summed E-state index contributed by atoms with van der Waals surface area (Å²) in [6.45, 7) is -0.174. The molecule has 1 aliphatic rings. The van der Waals surface area contributed by atoms with Crippen LogP contribution in [0.15, 0.2) is 24.3 Å². The van der Waals surface area contributed by atoms with E-state index < -0.39 is 33.6 Å². The quantitative estimate of drug-likeness (QED) is 0.810. The van der Waals surface area contributed by atoms with Crippen LogP contribution in [0, 0.1) is 5.82 Å². The summed E-state index contributed by atoms with van der Waals surface area (Å²) in [5, 5.41) is 2.42. The molecule has 0 aromatic heterocycles. The standard InChI is InChI=1S/C13H15FN2O4S/c1-21(19,20)7-6-11-12(17)16(13(18)15-11)8-9-4-2-3-5-10(9)14/h2-5,11H,6-8H2,1H3,(H,15,18)/t11-/m0/s1. The molecule has 6 nitrogen and oxygen atoms in total. The lowest BCUT2D eigenvalue weighted by Crippen LogP contribution is -2.32. The third-order valence-corrected chi connectivity index (χ3v) is 4.15. The highest BCUT2D eigenvalue weighted by Gasteiger charge is 2.38. The minimum Gasteiger partial charge on any atom is -0.326 e. The minimum absolute atomic E-state index is 0.0111. The molecule has 0 spiro atoms. The zero-order valence-electron chi connectivity index (χ0n) is 11.4. The summed E-state index contributed by atoms with van der Waals surface area (Å²) in [6.07, 6.45) is 1.07. The molecular formula is C13H15FN2O4S. The van der Waals surface area contributed by atoms with E-state index in [-0.39, 0.29) is 24.3 Å². The van der Waals surface area contributed by atoms with Gasteiger partial charge >= 0.3 is 6.03 Å². The molecule has 2 rings (SSSR count).